The molecule has 2 amide bonds. The minimum absolute atomic E-state index is 0.0863. The van der Waals surface area contributed by atoms with Crippen molar-refractivity contribution in [2.45, 2.75) is 70.4 Å². The summed E-state index contributed by atoms with van der Waals surface area (Å²) in [6, 6.07) is 3.21. The Balaban J connectivity index is 1.34. The molecular formula is C25H31N5O3. The SMILES string of the molecule is O=C(c1ccncc1)N1CCc2c(nc([C@@H]3CCCN3C(=O)CC3CCCCC3)[nH]c2=O)C1. The van der Waals surface area contributed by atoms with Gasteiger partial charge in [0.05, 0.1) is 18.3 Å². The van der Waals surface area contributed by atoms with Gasteiger partial charge in [-0.2, -0.15) is 0 Å². The third-order valence-electron chi connectivity index (χ3n) is 7.38. The molecule has 0 unspecified atom stereocenters. The monoisotopic (exact) mass is 449 g/mol. The van der Waals surface area contributed by atoms with Crippen LogP contribution in [0.5, 0.6) is 0 Å². The highest BCUT2D eigenvalue weighted by Gasteiger charge is 2.34. The molecule has 0 bridgehead atoms. The Morgan fingerprint density at radius 2 is 1.82 bits per heavy atom. The number of pyridine rings is 1. The zero-order valence-corrected chi connectivity index (χ0v) is 19.0. The number of nitrogens with zero attached hydrogens (tertiary/aromatic N) is 4. The van der Waals surface area contributed by atoms with Gasteiger partial charge in [0, 0.05) is 43.0 Å². The zero-order chi connectivity index (χ0) is 22.8. The van der Waals surface area contributed by atoms with Gasteiger partial charge in [0.2, 0.25) is 5.91 Å². The summed E-state index contributed by atoms with van der Waals surface area (Å²) in [6.45, 7) is 1.49. The molecule has 1 saturated heterocycles. The molecule has 1 N–H and O–H groups in total. The van der Waals surface area contributed by atoms with E-state index < -0.39 is 0 Å². The molecular weight excluding hydrogens is 418 g/mol. The molecule has 8 nitrogen and oxygen atoms in total. The molecule has 0 spiro atoms. The summed E-state index contributed by atoms with van der Waals surface area (Å²) < 4.78 is 0. The minimum atomic E-state index is -0.189. The van der Waals surface area contributed by atoms with Gasteiger partial charge in [0.1, 0.15) is 5.82 Å². The Hall–Kier alpha value is -3.03. The molecule has 0 aromatic carbocycles. The Morgan fingerprint density at radius 3 is 2.61 bits per heavy atom. The quantitative estimate of drug-likeness (QED) is 0.774. The minimum Gasteiger partial charge on any atom is -0.333 e. The summed E-state index contributed by atoms with van der Waals surface area (Å²) in [5.41, 5.74) is 1.73. The molecule has 0 radical (unpaired) electrons. The second-order valence-corrected chi connectivity index (χ2v) is 9.54. The topological polar surface area (TPSA) is 99.3 Å². The van der Waals surface area contributed by atoms with Gasteiger partial charge in [-0.05, 0) is 50.2 Å². The van der Waals surface area contributed by atoms with Crippen LogP contribution in [0.15, 0.2) is 29.3 Å². The van der Waals surface area contributed by atoms with Crippen molar-refractivity contribution in [2.75, 3.05) is 13.1 Å². The molecule has 2 aromatic heterocycles. The molecule has 2 aromatic rings. The van der Waals surface area contributed by atoms with Crippen LogP contribution in [-0.4, -0.2) is 49.7 Å². The molecule has 1 aliphatic carbocycles. The van der Waals surface area contributed by atoms with E-state index >= 15 is 0 Å². The second-order valence-electron chi connectivity index (χ2n) is 9.54. The Kier molecular flexibility index (Phi) is 6.24. The van der Waals surface area contributed by atoms with Gasteiger partial charge >= 0.3 is 0 Å². The number of likely N-dealkylation sites (tertiary alicyclic amines) is 1. The van der Waals surface area contributed by atoms with Gasteiger partial charge in [-0.25, -0.2) is 4.98 Å². The molecule has 4 heterocycles. The first-order valence-electron chi connectivity index (χ1n) is 12.2. The summed E-state index contributed by atoms with van der Waals surface area (Å²) in [5.74, 6) is 1.14. The highest BCUT2D eigenvalue weighted by Crippen LogP contribution is 2.33. The number of fused-ring (bicyclic) bond motifs is 1. The highest BCUT2D eigenvalue weighted by atomic mass is 16.2. The normalized spacial score (nSPS) is 21.2. The van der Waals surface area contributed by atoms with Crippen LogP contribution in [0, 0.1) is 5.92 Å². The number of H-pyrrole nitrogens is 1. The summed E-state index contributed by atoms with van der Waals surface area (Å²) >= 11 is 0. The van der Waals surface area contributed by atoms with E-state index in [1.54, 1.807) is 29.4 Å². The summed E-state index contributed by atoms with van der Waals surface area (Å²) in [6.07, 6.45) is 12.0. The first kappa shape index (κ1) is 21.8. The smallest absolute Gasteiger partial charge is 0.254 e. The molecule has 2 aliphatic heterocycles. The number of amides is 2. The predicted molar refractivity (Wildman–Crippen MR) is 122 cm³/mol. The van der Waals surface area contributed by atoms with Crippen LogP contribution in [0.4, 0.5) is 0 Å². The number of hydrogen-bond donors (Lipinski definition) is 1. The number of nitrogens with one attached hydrogen (secondary N) is 1. The van der Waals surface area contributed by atoms with E-state index in [1.165, 1.54) is 19.3 Å². The fourth-order valence-electron chi connectivity index (χ4n) is 5.57. The van der Waals surface area contributed by atoms with Gasteiger partial charge in [0.15, 0.2) is 0 Å². The van der Waals surface area contributed by atoms with Crippen molar-refractivity contribution in [1.29, 1.82) is 0 Å². The largest absolute Gasteiger partial charge is 0.333 e. The number of rotatable bonds is 4. The Morgan fingerprint density at radius 1 is 1.03 bits per heavy atom. The first-order chi connectivity index (χ1) is 16.1. The number of aromatic nitrogens is 3. The van der Waals surface area contributed by atoms with Gasteiger partial charge in [-0.3, -0.25) is 19.4 Å². The van der Waals surface area contributed by atoms with Crippen LogP contribution in [0.1, 0.15) is 84.8 Å². The van der Waals surface area contributed by atoms with Crippen molar-refractivity contribution in [3.05, 3.63) is 57.5 Å². The van der Waals surface area contributed by atoms with E-state index in [9.17, 15) is 14.4 Å². The van der Waals surface area contributed by atoms with Crippen LogP contribution in [-0.2, 0) is 17.8 Å². The molecule has 3 aliphatic rings. The highest BCUT2D eigenvalue weighted by molar-refractivity contribution is 5.94. The lowest BCUT2D eigenvalue weighted by atomic mass is 9.86. The van der Waals surface area contributed by atoms with Crippen LogP contribution in [0.3, 0.4) is 0 Å². The van der Waals surface area contributed by atoms with Crippen LogP contribution < -0.4 is 5.56 Å². The van der Waals surface area contributed by atoms with Crippen molar-refractivity contribution < 1.29 is 9.59 Å². The molecule has 2 fully saturated rings. The van der Waals surface area contributed by atoms with Gasteiger partial charge in [-0.15, -0.1) is 0 Å². The maximum absolute atomic E-state index is 13.1. The van der Waals surface area contributed by atoms with Crippen molar-refractivity contribution in [3.63, 3.8) is 0 Å². The van der Waals surface area contributed by atoms with E-state index in [4.69, 9.17) is 4.98 Å². The average molecular weight is 450 g/mol. The fraction of sp³-hybridized carbons (Fsp3) is 0.560. The zero-order valence-electron chi connectivity index (χ0n) is 19.0. The number of hydrogen-bond acceptors (Lipinski definition) is 5. The van der Waals surface area contributed by atoms with Crippen molar-refractivity contribution >= 4 is 11.8 Å². The standard InChI is InChI=1S/C25H31N5O3/c31-22(15-17-5-2-1-3-6-17)30-13-4-7-21(30)23-27-20-16-29(14-10-19(20)24(32)28-23)25(33)18-8-11-26-12-9-18/h8-9,11-12,17,21H,1-7,10,13-16H2,(H,27,28,32)/t21-/m0/s1. The third kappa shape index (κ3) is 4.56. The Bertz CT molecular complexity index is 1080. The molecule has 8 heteroatoms. The molecule has 1 atom stereocenters. The number of aromatic amines is 1. The van der Waals surface area contributed by atoms with E-state index in [1.807, 2.05) is 4.90 Å². The first-order valence-corrected chi connectivity index (χ1v) is 12.2. The lowest BCUT2D eigenvalue weighted by molar-refractivity contribution is -0.133. The van der Waals surface area contributed by atoms with Crippen LogP contribution >= 0.6 is 0 Å². The van der Waals surface area contributed by atoms with Crippen molar-refractivity contribution in [3.8, 4) is 0 Å². The van der Waals surface area contributed by atoms with Crippen LogP contribution in [0.25, 0.3) is 0 Å². The second kappa shape index (κ2) is 9.45. The summed E-state index contributed by atoms with van der Waals surface area (Å²) in [5, 5.41) is 0. The lowest BCUT2D eigenvalue weighted by Gasteiger charge is -2.30. The molecule has 33 heavy (non-hydrogen) atoms. The van der Waals surface area contributed by atoms with E-state index in [0.29, 0.717) is 61.0 Å². The molecule has 174 valence electrons. The third-order valence-corrected chi connectivity index (χ3v) is 7.38. The van der Waals surface area contributed by atoms with Gasteiger partial charge in [-0.1, -0.05) is 19.3 Å². The van der Waals surface area contributed by atoms with E-state index in [0.717, 1.165) is 25.7 Å². The van der Waals surface area contributed by atoms with E-state index in [2.05, 4.69) is 9.97 Å². The van der Waals surface area contributed by atoms with Crippen LogP contribution in [0.2, 0.25) is 0 Å². The average Bonchev–Trinajstić information content (AvgIpc) is 3.35. The maximum Gasteiger partial charge on any atom is 0.254 e. The van der Waals surface area contributed by atoms with Crippen molar-refractivity contribution in [2.24, 2.45) is 5.92 Å². The fourth-order valence-corrected chi connectivity index (χ4v) is 5.57. The van der Waals surface area contributed by atoms with E-state index in [-0.39, 0.29) is 23.4 Å². The molecule has 1 saturated carbocycles. The summed E-state index contributed by atoms with van der Waals surface area (Å²) in [7, 11) is 0. The van der Waals surface area contributed by atoms with Crippen molar-refractivity contribution in [1.82, 2.24) is 24.8 Å². The summed E-state index contributed by atoms with van der Waals surface area (Å²) in [4.78, 5) is 54.3. The molecule has 5 rings (SSSR count). The number of carbonyl (C=O) groups excluding carboxylic acids is 2. The predicted octanol–water partition coefficient (Wildman–Crippen LogP) is 3.00. The lowest BCUT2D eigenvalue weighted by Crippen LogP contribution is -2.40. The Labute approximate surface area is 193 Å². The number of carbonyl (C=O) groups is 2. The maximum atomic E-state index is 13.1. The van der Waals surface area contributed by atoms with Gasteiger partial charge < -0.3 is 14.8 Å². The van der Waals surface area contributed by atoms with Gasteiger partial charge in [0.25, 0.3) is 11.5 Å².